The van der Waals surface area contributed by atoms with Gasteiger partial charge in [0, 0.05) is 12.6 Å². The van der Waals surface area contributed by atoms with Gasteiger partial charge < -0.3 is 10.1 Å². The molecule has 1 amide bonds. The molecule has 0 fully saturated rings. The van der Waals surface area contributed by atoms with Crippen LogP contribution in [0.5, 0.6) is 5.75 Å². The lowest BCUT2D eigenvalue weighted by Crippen LogP contribution is -2.11. The van der Waals surface area contributed by atoms with Gasteiger partial charge in [0.2, 0.25) is 11.7 Å². The topological polar surface area (TPSA) is 55.4 Å². The first-order valence-corrected chi connectivity index (χ1v) is 7.51. The summed E-state index contributed by atoms with van der Waals surface area (Å²) in [5.41, 5.74) is 1.02. The predicted octanol–water partition coefficient (Wildman–Crippen LogP) is 4.28. The normalized spacial score (nSPS) is 10.2. The number of halogens is 2. The highest BCUT2D eigenvalue weighted by Crippen LogP contribution is 2.31. The van der Waals surface area contributed by atoms with E-state index in [4.69, 9.17) is 27.9 Å². The molecule has 4 nitrogen and oxygen atoms in total. The van der Waals surface area contributed by atoms with Crippen LogP contribution in [0.1, 0.15) is 17.3 Å². The highest BCUT2D eigenvalue weighted by molar-refractivity contribution is 7.20. The van der Waals surface area contributed by atoms with Crippen molar-refractivity contribution in [3.05, 3.63) is 44.6 Å². The summed E-state index contributed by atoms with van der Waals surface area (Å²) in [5, 5.41) is 2.64. The van der Waals surface area contributed by atoms with E-state index in [9.17, 15) is 9.59 Å². The first-order valence-electron chi connectivity index (χ1n) is 5.94. The Labute approximate surface area is 135 Å². The molecule has 1 N–H and O–H groups in total. The molecule has 2 rings (SSSR count). The third-order valence-corrected chi connectivity index (χ3v) is 3.99. The van der Waals surface area contributed by atoms with E-state index in [1.54, 1.807) is 24.3 Å². The number of carbonyl (C=O) groups excluding carboxylic acids is 2. The Morgan fingerprint density at radius 2 is 1.90 bits per heavy atom. The van der Waals surface area contributed by atoms with Crippen molar-refractivity contribution in [2.24, 2.45) is 0 Å². The van der Waals surface area contributed by atoms with Gasteiger partial charge >= 0.3 is 0 Å². The molecule has 21 heavy (non-hydrogen) atoms. The van der Waals surface area contributed by atoms with Crippen LogP contribution in [0.15, 0.2) is 30.3 Å². The summed E-state index contributed by atoms with van der Waals surface area (Å²) >= 11 is 12.8. The average molecular weight is 344 g/mol. The van der Waals surface area contributed by atoms with Crippen LogP contribution in [0.2, 0.25) is 8.67 Å². The van der Waals surface area contributed by atoms with Crippen molar-refractivity contribution in [3.8, 4) is 5.75 Å². The maximum Gasteiger partial charge on any atom is 0.221 e. The van der Waals surface area contributed by atoms with E-state index in [0.29, 0.717) is 25.7 Å². The fraction of sp³-hybridized carbons (Fsp3) is 0.143. The molecule has 0 bridgehead atoms. The SMILES string of the molecule is CC(=O)Nc1ccc(OCC(=O)c2cc(Cl)sc2Cl)cc1. The zero-order valence-corrected chi connectivity index (χ0v) is 13.3. The van der Waals surface area contributed by atoms with Crippen LogP contribution in [-0.4, -0.2) is 18.3 Å². The van der Waals surface area contributed by atoms with E-state index in [1.165, 1.54) is 13.0 Å². The monoisotopic (exact) mass is 343 g/mol. The molecular formula is C14H11Cl2NO3S. The van der Waals surface area contributed by atoms with E-state index < -0.39 is 0 Å². The Bertz CT molecular complexity index is 667. The number of ketones is 1. The number of Topliss-reactive ketones (excluding diaryl/α,β-unsaturated/α-hetero) is 1. The minimum absolute atomic E-state index is 0.133. The number of hydrogen-bond acceptors (Lipinski definition) is 4. The molecule has 0 spiro atoms. The van der Waals surface area contributed by atoms with E-state index in [-0.39, 0.29) is 18.3 Å². The standard InChI is InChI=1S/C14H11Cl2NO3S/c1-8(18)17-9-2-4-10(5-3-9)20-7-12(19)11-6-13(15)21-14(11)16/h2-6H,7H2,1H3,(H,17,18). The van der Waals surface area contributed by atoms with E-state index >= 15 is 0 Å². The zero-order chi connectivity index (χ0) is 15.4. The smallest absolute Gasteiger partial charge is 0.221 e. The minimum atomic E-state index is -0.242. The zero-order valence-electron chi connectivity index (χ0n) is 11.0. The maximum atomic E-state index is 11.9. The molecule has 2 aromatic rings. The van der Waals surface area contributed by atoms with Crippen molar-refractivity contribution >= 4 is 51.9 Å². The van der Waals surface area contributed by atoms with Gasteiger partial charge in [-0.25, -0.2) is 0 Å². The van der Waals surface area contributed by atoms with Gasteiger partial charge in [-0.3, -0.25) is 9.59 Å². The summed E-state index contributed by atoms with van der Waals surface area (Å²) in [6.07, 6.45) is 0. The van der Waals surface area contributed by atoms with E-state index in [0.717, 1.165) is 11.3 Å². The number of benzene rings is 1. The molecule has 0 aliphatic heterocycles. The Kier molecular flexibility index (Phi) is 5.22. The fourth-order valence-electron chi connectivity index (χ4n) is 1.59. The number of thiophene rings is 1. The summed E-state index contributed by atoms with van der Waals surface area (Å²) < 4.78 is 6.20. The van der Waals surface area contributed by atoms with Gasteiger partial charge in [0.25, 0.3) is 0 Å². The first kappa shape index (κ1) is 15.8. The lowest BCUT2D eigenvalue weighted by Gasteiger charge is -2.06. The molecule has 110 valence electrons. The molecule has 7 heteroatoms. The van der Waals surface area contributed by atoms with Crippen molar-refractivity contribution in [1.29, 1.82) is 0 Å². The van der Waals surface area contributed by atoms with Gasteiger partial charge in [-0.1, -0.05) is 23.2 Å². The van der Waals surface area contributed by atoms with Gasteiger partial charge in [0.05, 0.1) is 9.90 Å². The lowest BCUT2D eigenvalue weighted by atomic mass is 10.2. The molecule has 0 atom stereocenters. The molecule has 0 unspecified atom stereocenters. The summed E-state index contributed by atoms with van der Waals surface area (Å²) in [5.74, 6) is 0.131. The van der Waals surface area contributed by atoms with Crippen LogP contribution in [0.25, 0.3) is 0 Å². The van der Waals surface area contributed by atoms with Crippen molar-refractivity contribution < 1.29 is 14.3 Å². The van der Waals surface area contributed by atoms with Crippen LogP contribution in [0.3, 0.4) is 0 Å². The Morgan fingerprint density at radius 3 is 2.43 bits per heavy atom. The average Bonchev–Trinajstić information content (AvgIpc) is 2.76. The van der Waals surface area contributed by atoms with Crippen molar-refractivity contribution in [2.75, 3.05) is 11.9 Å². The molecule has 0 radical (unpaired) electrons. The first-order chi connectivity index (χ1) is 9.95. The van der Waals surface area contributed by atoms with Crippen LogP contribution in [0.4, 0.5) is 5.69 Å². The van der Waals surface area contributed by atoms with Crippen molar-refractivity contribution in [2.45, 2.75) is 6.92 Å². The molecule has 1 heterocycles. The third kappa shape index (κ3) is 4.46. The summed E-state index contributed by atoms with van der Waals surface area (Å²) in [6.45, 7) is 1.30. The van der Waals surface area contributed by atoms with Gasteiger partial charge in [-0.15, -0.1) is 11.3 Å². The van der Waals surface area contributed by atoms with Gasteiger partial charge in [0.15, 0.2) is 6.61 Å². The summed E-state index contributed by atoms with van der Waals surface area (Å²) in [7, 11) is 0. The van der Waals surface area contributed by atoms with Crippen LogP contribution in [-0.2, 0) is 4.79 Å². The van der Waals surface area contributed by atoms with Crippen molar-refractivity contribution in [3.63, 3.8) is 0 Å². The van der Waals surface area contributed by atoms with Gasteiger partial charge in [0.1, 0.15) is 10.1 Å². The van der Waals surface area contributed by atoms with E-state index in [1.807, 2.05) is 0 Å². The number of ether oxygens (including phenoxy) is 1. The van der Waals surface area contributed by atoms with Crippen LogP contribution in [0, 0.1) is 0 Å². The molecule has 1 aromatic heterocycles. The van der Waals surface area contributed by atoms with Crippen LogP contribution >= 0.6 is 34.5 Å². The number of carbonyl (C=O) groups is 2. The number of nitrogens with one attached hydrogen (secondary N) is 1. The quantitative estimate of drug-likeness (QED) is 0.824. The highest BCUT2D eigenvalue weighted by Gasteiger charge is 2.14. The molecular weight excluding hydrogens is 333 g/mol. The Hall–Kier alpha value is -1.56. The third-order valence-electron chi connectivity index (χ3n) is 2.50. The second kappa shape index (κ2) is 6.93. The predicted molar refractivity (Wildman–Crippen MR) is 84.9 cm³/mol. The number of amides is 1. The summed E-state index contributed by atoms with van der Waals surface area (Å²) in [6, 6.07) is 8.24. The number of rotatable bonds is 5. The number of hydrogen-bond donors (Lipinski definition) is 1. The highest BCUT2D eigenvalue weighted by atomic mass is 35.5. The van der Waals surface area contributed by atoms with Crippen molar-refractivity contribution in [1.82, 2.24) is 0 Å². The Morgan fingerprint density at radius 1 is 1.24 bits per heavy atom. The fourth-order valence-corrected chi connectivity index (χ4v) is 3.09. The van der Waals surface area contributed by atoms with Gasteiger partial charge in [-0.2, -0.15) is 0 Å². The summed E-state index contributed by atoms with van der Waals surface area (Å²) in [4.78, 5) is 22.8. The number of anilines is 1. The molecule has 0 aliphatic carbocycles. The van der Waals surface area contributed by atoms with Gasteiger partial charge in [-0.05, 0) is 30.3 Å². The maximum absolute atomic E-state index is 11.9. The second-order valence-electron chi connectivity index (χ2n) is 4.16. The van der Waals surface area contributed by atoms with Crippen LogP contribution < -0.4 is 10.1 Å². The van der Waals surface area contributed by atoms with E-state index in [2.05, 4.69) is 5.32 Å². The minimum Gasteiger partial charge on any atom is -0.485 e. The molecule has 0 saturated heterocycles. The molecule has 1 aromatic carbocycles. The molecule has 0 aliphatic rings. The Balaban J connectivity index is 1.95. The second-order valence-corrected chi connectivity index (χ2v) is 6.44. The molecule has 0 saturated carbocycles. The lowest BCUT2D eigenvalue weighted by molar-refractivity contribution is -0.114. The largest absolute Gasteiger partial charge is 0.485 e.